The molecule has 0 aliphatic carbocycles. The topological polar surface area (TPSA) is 66.6 Å². The van der Waals surface area contributed by atoms with Crippen LogP contribution < -0.4 is 5.73 Å². The van der Waals surface area contributed by atoms with Crippen LogP contribution in [-0.4, -0.2) is 49.8 Å². The van der Waals surface area contributed by atoms with Crippen LogP contribution in [0.4, 0.5) is 0 Å². The third kappa shape index (κ3) is 3.53. The van der Waals surface area contributed by atoms with E-state index in [9.17, 15) is 8.42 Å². The van der Waals surface area contributed by atoms with E-state index in [0.29, 0.717) is 19.6 Å². The maximum absolute atomic E-state index is 11.8. The van der Waals surface area contributed by atoms with Gasteiger partial charge in [-0.05, 0) is 6.92 Å². The molecule has 1 atom stereocenters. The molecule has 0 rings (SSSR count). The molecule has 0 saturated heterocycles. The van der Waals surface area contributed by atoms with Crippen molar-refractivity contribution in [2.24, 2.45) is 5.73 Å². The van der Waals surface area contributed by atoms with Crippen molar-refractivity contribution in [3.63, 3.8) is 0 Å². The molecule has 86 valence electrons. The lowest BCUT2D eigenvalue weighted by atomic mass is 10.4. The fourth-order valence-electron chi connectivity index (χ4n) is 1.25. The van der Waals surface area contributed by atoms with Crippen molar-refractivity contribution in [1.82, 2.24) is 8.61 Å². The fraction of sp³-hybridized carbons (Fsp3) is 1.00. The van der Waals surface area contributed by atoms with Crippen molar-refractivity contribution in [3.8, 4) is 0 Å². The number of likely N-dealkylation sites (N-methyl/N-ethyl adjacent to an activating group) is 1. The molecule has 0 saturated carbocycles. The van der Waals surface area contributed by atoms with Crippen molar-refractivity contribution in [1.29, 1.82) is 0 Å². The molecule has 0 fully saturated rings. The van der Waals surface area contributed by atoms with Gasteiger partial charge in [-0.15, -0.1) is 0 Å². The predicted octanol–water partition coefficient (Wildman–Crippen LogP) is -0.148. The molecule has 0 radical (unpaired) electrons. The lowest BCUT2D eigenvalue weighted by Crippen LogP contribution is -2.45. The van der Waals surface area contributed by atoms with Gasteiger partial charge in [0.1, 0.15) is 0 Å². The van der Waals surface area contributed by atoms with Crippen LogP contribution in [-0.2, 0) is 10.2 Å². The molecule has 2 N–H and O–H groups in total. The number of hydrogen-bond acceptors (Lipinski definition) is 3. The van der Waals surface area contributed by atoms with E-state index < -0.39 is 10.2 Å². The minimum atomic E-state index is -3.31. The zero-order valence-electron chi connectivity index (χ0n) is 9.40. The van der Waals surface area contributed by atoms with Crippen LogP contribution in [0.3, 0.4) is 0 Å². The number of nitrogens with zero attached hydrogens (tertiary/aromatic N) is 2. The quantitative estimate of drug-likeness (QED) is 0.681. The van der Waals surface area contributed by atoms with Crippen LogP contribution >= 0.6 is 0 Å². The van der Waals surface area contributed by atoms with E-state index in [2.05, 4.69) is 0 Å². The summed E-state index contributed by atoms with van der Waals surface area (Å²) in [4.78, 5) is 0. The Morgan fingerprint density at radius 2 is 1.71 bits per heavy atom. The molecule has 0 heterocycles. The van der Waals surface area contributed by atoms with E-state index in [1.807, 2.05) is 13.8 Å². The van der Waals surface area contributed by atoms with Crippen molar-refractivity contribution in [2.45, 2.75) is 26.8 Å². The van der Waals surface area contributed by atoms with Gasteiger partial charge in [0.15, 0.2) is 0 Å². The summed E-state index contributed by atoms with van der Waals surface area (Å²) in [5.74, 6) is 0. The van der Waals surface area contributed by atoms with E-state index >= 15 is 0 Å². The van der Waals surface area contributed by atoms with Gasteiger partial charge in [0.2, 0.25) is 0 Å². The molecule has 0 spiro atoms. The van der Waals surface area contributed by atoms with Crippen molar-refractivity contribution in [2.75, 3.05) is 26.7 Å². The molecule has 1 unspecified atom stereocenters. The van der Waals surface area contributed by atoms with E-state index in [-0.39, 0.29) is 6.04 Å². The van der Waals surface area contributed by atoms with Gasteiger partial charge < -0.3 is 5.73 Å². The highest BCUT2D eigenvalue weighted by Gasteiger charge is 2.24. The summed E-state index contributed by atoms with van der Waals surface area (Å²) < 4.78 is 26.4. The molecule has 14 heavy (non-hydrogen) atoms. The summed E-state index contributed by atoms with van der Waals surface area (Å²) in [7, 11) is -1.76. The Kier molecular flexibility index (Phi) is 5.58. The van der Waals surface area contributed by atoms with Gasteiger partial charge >= 0.3 is 0 Å². The van der Waals surface area contributed by atoms with Gasteiger partial charge in [0, 0.05) is 32.7 Å². The standard InChI is InChI=1S/C8H21N3O2S/c1-5-11(6-2)14(12,13)10(4)7-8(3)9/h8H,5-7,9H2,1-4H3. The van der Waals surface area contributed by atoms with Crippen molar-refractivity contribution in [3.05, 3.63) is 0 Å². The van der Waals surface area contributed by atoms with Crippen LogP contribution in [0.25, 0.3) is 0 Å². The summed E-state index contributed by atoms with van der Waals surface area (Å²) in [6, 6.07) is -0.148. The lowest BCUT2D eigenvalue weighted by molar-refractivity contribution is 0.368. The minimum absolute atomic E-state index is 0.148. The summed E-state index contributed by atoms with van der Waals surface area (Å²) >= 11 is 0. The second kappa shape index (κ2) is 5.65. The summed E-state index contributed by atoms with van der Waals surface area (Å²) in [5.41, 5.74) is 5.55. The van der Waals surface area contributed by atoms with Crippen LogP contribution in [0.5, 0.6) is 0 Å². The van der Waals surface area contributed by atoms with Crippen molar-refractivity contribution >= 4 is 10.2 Å². The Balaban J connectivity index is 4.59. The number of hydrogen-bond donors (Lipinski definition) is 1. The zero-order valence-corrected chi connectivity index (χ0v) is 10.2. The average molecular weight is 223 g/mol. The number of nitrogens with two attached hydrogens (primary N) is 1. The largest absolute Gasteiger partial charge is 0.327 e. The van der Waals surface area contributed by atoms with Crippen molar-refractivity contribution < 1.29 is 8.42 Å². The molecule has 0 aliphatic heterocycles. The molecule has 0 bridgehead atoms. The maximum Gasteiger partial charge on any atom is 0.281 e. The highest BCUT2D eigenvalue weighted by atomic mass is 32.2. The Morgan fingerprint density at radius 1 is 1.29 bits per heavy atom. The monoisotopic (exact) mass is 223 g/mol. The van der Waals surface area contributed by atoms with Crippen LogP contribution in [0.2, 0.25) is 0 Å². The third-order valence-corrected chi connectivity index (χ3v) is 4.08. The van der Waals surface area contributed by atoms with Gasteiger partial charge in [0.05, 0.1) is 0 Å². The van der Waals surface area contributed by atoms with E-state index in [0.717, 1.165) is 0 Å². The first kappa shape index (κ1) is 13.8. The third-order valence-electron chi connectivity index (χ3n) is 1.97. The molecule has 6 heteroatoms. The maximum atomic E-state index is 11.8. The normalized spacial score (nSPS) is 15.1. The Bertz CT molecular complexity index is 247. The van der Waals surface area contributed by atoms with Gasteiger partial charge in [-0.25, -0.2) is 0 Å². The van der Waals surface area contributed by atoms with Crippen LogP contribution in [0.1, 0.15) is 20.8 Å². The average Bonchev–Trinajstić information content (AvgIpc) is 2.04. The number of rotatable bonds is 6. The SMILES string of the molecule is CCN(CC)S(=O)(=O)N(C)CC(C)N. The predicted molar refractivity (Wildman–Crippen MR) is 58.1 cm³/mol. The van der Waals surface area contributed by atoms with Gasteiger partial charge in [-0.3, -0.25) is 0 Å². The Labute approximate surface area is 87.0 Å². The Morgan fingerprint density at radius 3 is 2.00 bits per heavy atom. The summed E-state index contributed by atoms with van der Waals surface area (Å²) in [5, 5.41) is 0. The van der Waals surface area contributed by atoms with Gasteiger partial charge in [-0.1, -0.05) is 13.8 Å². The highest BCUT2D eigenvalue weighted by Crippen LogP contribution is 2.05. The molecule has 0 aromatic heterocycles. The minimum Gasteiger partial charge on any atom is -0.327 e. The zero-order chi connectivity index (χ0) is 11.4. The van der Waals surface area contributed by atoms with Crippen LogP contribution in [0.15, 0.2) is 0 Å². The van der Waals surface area contributed by atoms with Crippen LogP contribution in [0, 0.1) is 0 Å². The second-order valence-corrected chi connectivity index (χ2v) is 5.39. The van der Waals surface area contributed by atoms with E-state index in [1.165, 1.54) is 8.61 Å². The first-order chi connectivity index (χ1) is 6.36. The molecule has 0 aromatic carbocycles. The molecule has 0 aromatic rings. The molecule has 5 nitrogen and oxygen atoms in total. The van der Waals surface area contributed by atoms with Gasteiger partial charge in [0.25, 0.3) is 10.2 Å². The Hall–Kier alpha value is -0.170. The first-order valence-corrected chi connectivity index (χ1v) is 6.22. The first-order valence-electron chi connectivity index (χ1n) is 4.83. The summed E-state index contributed by atoms with van der Waals surface area (Å²) in [6.45, 7) is 6.75. The fourth-order valence-corrected chi connectivity index (χ4v) is 2.72. The summed E-state index contributed by atoms with van der Waals surface area (Å²) in [6.07, 6.45) is 0. The van der Waals surface area contributed by atoms with E-state index in [1.54, 1.807) is 14.0 Å². The highest BCUT2D eigenvalue weighted by molar-refractivity contribution is 7.86. The lowest BCUT2D eigenvalue weighted by Gasteiger charge is -2.26. The van der Waals surface area contributed by atoms with E-state index in [4.69, 9.17) is 5.73 Å². The molecular weight excluding hydrogens is 202 g/mol. The van der Waals surface area contributed by atoms with Gasteiger partial charge in [-0.2, -0.15) is 17.0 Å². The second-order valence-electron chi connectivity index (χ2n) is 3.35. The molecule has 0 aliphatic rings. The molecular formula is C8H21N3O2S. The smallest absolute Gasteiger partial charge is 0.281 e. The molecule has 0 amide bonds.